The minimum Gasteiger partial charge on any atom is -0.317 e. The Morgan fingerprint density at radius 2 is 2.15 bits per heavy atom. The second-order valence-electron chi connectivity index (χ2n) is 2.66. The van der Waals surface area contributed by atoms with Gasteiger partial charge in [-0.05, 0) is 5.56 Å². The van der Waals surface area contributed by atoms with Crippen LogP contribution in [0.25, 0.3) is 0 Å². The van der Waals surface area contributed by atoms with Crippen molar-refractivity contribution in [2.75, 3.05) is 0 Å². The van der Waals surface area contributed by atoms with Crippen molar-refractivity contribution in [3.63, 3.8) is 0 Å². The van der Waals surface area contributed by atoms with Crippen molar-refractivity contribution < 1.29 is 4.79 Å². The molecule has 0 atom stereocenters. The molecule has 0 aliphatic rings. The molecule has 0 bridgehead atoms. The standard InChI is InChI=1S/C10H12N2O/c1-9(13)12-8-11-7-10-5-3-2-4-6-10/h2-6,8H,7H2,1H3,(H,11,12,13). The van der Waals surface area contributed by atoms with Gasteiger partial charge < -0.3 is 5.32 Å². The first kappa shape index (κ1) is 9.45. The number of nitrogens with one attached hydrogen (secondary N) is 1. The molecule has 0 fully saturated rings. The Morgan fingerprint density at radius 3 is 2.77 bits per heavy atom. The summed E-state index contributed by atoms with van der Waals surface area (Å²) in [5.74, 6) is -0.100. The van der Waals surface area contributed by atoms with E-state index in [1.165, 1.54) is 13.3 Å². The summed E-state index contributed by atoms with van der Waals surface area (Å²) >= 11 is 0. The molecule has 1 aromatic rings. The topological polar surface area (TPSA) is 41.5 Å². The Labute approximate surface area is 77.5 Å². The normalized spacial score (nSPS) is 10.2. The molecule has 0 radical (unpaired) electrons. The predicted octanol–water partition coefficient (Wildman–Crippen LogP) is 1.35. The van der Waals surface area contributed by atoms with Gasteiger partial charge in [0.05, 0.1) is 12.9 Å². The van der Waals surface area contributed by atoms with E-state index < -0.39 is 0 Å². The van der Waals surface area contributed by atoms with Crippen molar-refractivity contribution in [1.29, 1.82) is 0 Å². The van der Waals surface area contributed by atoms with Crippen molar-refractivity contribution in [2.24, 2.45) is 4.99 Å². The number of amides is 1. The number of hydrogen-bond acceptors (Lipinski definition) is 2. The third kappa shape index (κ3) is 4.06. The van der Waals surface area contributed by atoms with Crippen LogP contribution in [0.4, 0.5) is 0 Å². The first-order valence-electron chi connectivity index (χ1n) is 4.08. The largest absolute Gasteiger partial charge is 0.317 e. The number of nitrogens with zero attached hydrogens (tertiary/aromatic N) is 1. The maximum Gasteiger partial charge on any atom is 0.221 e. The molecule has 1 N–H and O–H groups in total. The molecule has 0 aliphatic carbocycles. The molecular weight excluding hydrogens is 164 g/mol. The second-order valence-corrected chi connectivity index (χ2v) is 2.66. The lowest BCUT2D eigenvalue weighted by atomic mass is 10.2. The van der Waals surface area contributed by atoms with E-state index in [4.69, 9.17) is 0 Å². The molecule has 1 aromatic carbocycles. The van der Waals surface area contributed by atoms with Crippen molar-refractivity contribution in [2.45, 2.75) is 13.5 Å². The Bertz CT molecular complexity index is 293. The average Bonchev–Trinajstić information content (AvgIpc) is 2.14. The van der Waals surface area contributed by atoms with Crippen molar-refractivity contribution in [3.05, 3.63) is 35.9 Å². The Balaban J connectivity index is 2.35. The van der Waals surface area contributed by atoms with Crippen LogP contribution < -0.4 is 5.32 Å². The van der Waals surface area contributed by atoms with Crippen LogP contribution in [0, 0.1) is 0 Å². The fraction of sp³-hybridized carbons (Fsp3) is 0.200. The molecule has 3 nitrogen and oxygen atoms in total. The van der Waals surface area contributed by atoms with E-state index >= 15 is 0 Å². The highest BCUT2D eigenvalue weighted by Crippen LogP contribution is 1.98. The molecule has 1 amide bonds. The van der Waals surface area contributed by atoms with Gasteiger partial charge in [0.15, 0.2) is 0 Å². The smallest absolute Gasteiger partial charge is 0.221 e. The fourth-order valence-electron chi connectivity index (χ4n) is 0.871. The summed E-state index contributed by atoms with van der Waals surface area (Å²) in [4.78, 5) is 14.5. The van der Waals surface area contributed by atoms with Gasteiger partial charge in [-0.15, -0.1) is 0 Å². The number of carbonyl (C=O) groups is 1. The molecule has 0 aromatic heterocycles. The molecule has 3 heteroatoms. The van der Waals surface area contributed by atoms with E-state index in [9.17, 15) is 4.79 Å². The van der Waals surface area contributed by atoms with Crippen molar-refractivity contribution in [1.82, 2.24) is 5.32 Å². The monoisotopic (exact) mass is 176 g/mol. The molecule has 1 rings (SSSR count). The Hall–Kier alpha value is -1.64. The van der Waals surface area contributed by atoms with Crippen molar-refractivity contribution >= 4 is 12.2 Å². The zero-order valence-electron chi connectivity index (χ0n) is 7.53. The van der Waals surface area contributed by atoms with Gasteiger partial charge in [-0.1, -0.05) is 30.3 Å². The van der Waals surface area contributed by atoms with Crippen LogP contribution in [0.3, 0.4) is 0 Å². The molecule has 0 unspecified atom stereocenters. The molecule has 68 valence electrons. The highest BCUT2D eigenvalue weighted by Gasteiger charge is 1.86. The Kier molecular flexibility index (Phi) is 3.70. The quantitative estimate of drug-likeness (QED) is 0.548. The lowest BCUT2D eigenvalue weighted by Crippen LogP contribution is -2.17. The molecule has 0 spiro atoms. The number of hydrogen-bond donors (Lipinski definition) is 1. The summed E-state index contributed by atoms with van der Waals surface area (Å²) in [6.07, 6.45) is 1.43. The van der Waals surface area contributed by atoms with E-state index in [1.54, 1.807) is 0 Å². The third-order valence-electron chi connectivity index (χ3n) is 1.48. The van der Waals surface area contributed by atoms with Gasteiger partial charge in [0.2, 0.25) is 5.91 Å². The third-order valence-corrected chi connectivity index (χ3v) is 1.48. The van der Waals surface area contributed by atoms with Gasteiger partial charge in [-0.2, -0.15) is 0 Å². The number of carbonyl (C=O) groups excluding carboxylic acids is 1. The van der Waals surface area contributed by atoms with Gasteiger partial charge in [0.1, 0.15) is 0 Å². The molecule has 13 heavy (non-hydrogen) atoms. The molecular formula is C10H12N2O. The zero-order chi connectivity index (χ0) is 9.52. The summed E-state index contributed by atoms with van der Waals surface area (Å²) in [5.41, 5.74) is 1.13. The van der Waals surface area contributed by atoms with Gasteiger partial charge in [-0.25, -0.2) is 0 Å². The fourth-order valence-corrected chi connectivity index (χ4v) is 0.871. The second kappa shape index (κ2) is 5.09. The summed E-state index contributed by atoms with van der Waals surface area (Å²) in [6.45, 7) is 2.05. The number of aliphatic imine (C=N–C) groups is 1. The highest BCUT2D eigenvalue weighted by molar-refractivity contribution is 5.85. The van der Waals surface area contributed by atoms with Crippen LogP contribution >= 0.6 is 0 Å². The summed E-state index contributed by atoms with van der Waals surface area (Å²) in [6, 6.07) is 9.86. The SMILES string of the molecule is CC(=O)NC=NCc1ccccc1. The lowest BCUT2D eigenvalue weighted by molar-refractivity contribution is -0.117. The summed E-state index contributed by atoms with van der Waals surface area (Å²) in [7, 11) is 0. The Morgan fingerprint density at radius 1 is 1.46 bits per heavy atom. The first-order chi connectivity index (χ1) is 6.29. The lowest BCUT2D eigenvalue weighted by Gasteiger charge is -1.94. The van der Waals surface area contributed by atoms with E-state index in [0.717, 1.165) is 5.56 Å². The average molecular weight is 176 g/mol. The van der Waals surface area contributed by atoms with Crippen LogP contribution in [0.2, 0.25) is 0 Å². The maximum atomic E-state index is 10.5. The van der Waals surface area contributed by atoms with Gasteiger partial charge in [0.25, 0.3) is 0 Å². The summed E-state index contributed by atoms with van der Waals surface area (Å²) < 4.78 is 0. The van der Waals surface area contributed by atoms with Crippen LogP contribution in [-0.4, -0.2) is 12.2 Å². The van der Waals surface area contributed by atoms with E-state index in [2.05, 4.69) is 10.3 Å². The van der Waals surface area contributed by atoms with E-state index in [1.807, 2.05) is 30.3 Å². The molecule has 0 saturated heterocycles. The molecule has 0 aliphatic heterocycles. The minimum absolute atomic E-state index is 0.100. The van der Waals surface area contributed by atoms with Crippen LogP contribution in [0.1, 0.15) is 12.5 Å². The minimum atomic E-state index is -0.100. The van der Waals surface area contributed by atoms with Crippen molar-refractivity contribution in [3.8, 4) is 0 Å². The maximum absolute atomic E-state index is 10.5. The van der Waals surface area contributed by atoms with Crippen LogP contribution in [0.5, 0.6) is 0 Å². The van der Waals surface area contributed by atoms with E-state index in [-0.39, 0.29) is 5.91 Å². The highest BCUT2D eigenvalue weighted by atomic mass is 16.1. The van der Waals surface area contributed by atoms with Gasteiger partial charge in [-0.3, -0.25) is 9.79 Å². The van der Waals surface area contributed by atoms with Gasteiger partial charge >= 0.3 is 0 Å². The first-order valence-corrected chi connectivity index (χ1v) is 4.08. The van der Waals surface area contributed by atoms with Crippen LogP contribution in [-0.2, 0) is 11.3 Å². The summed E-state index contributed by atoms with van der Waals surface area (Å²) in [5, 5.41) is 2.49. The predicted molar refractivity (Wildman–Crippen MR) is 52.5 cm³/mol. The van der Waals surface area contributed by atoms with E-state index in [0.29, 0.717) is 6.54 Å². The van der Waals surface area contributed by atoms with Gasteiger partial charge in [0, 0.05) is 6.92 Å². The molecule has 0 heterocycles. The van der Waals surface area contributed by atoms with Crippen LogP contribution in [0.15, 0.2) is 35.3 Å². The molecule has 0 saturated carbocycles. The zero-order valence-corrected chi connectivity index (χ0v) is 7.53. The number of benzene rings is 1. The number of rotatable bonds is 3.